The quantitative estimate of drug-likeness (QED) is 0.189. The number of hydrogen-bond acceptors (Lipinski definition) is 3. The molecular weight excluding hydrogens is 494 g/mol. The fourth-order valence-corrected chi connectivity index (χ4v) is 4.39. The number of nitrogens with zero attached hydrogens (tertiary/aromatic N) is 3. The molecule has 2 aromatic heterocycles. The van der Waals surface area contributed by atoms with Crippen molar-refractivity contribution in [1.82, 2.24) is 4.57 Å². The zero-order chi connectivity index (χ0) is 22.8. The summed E-state index contributed by atoms with van der Waals surface area (Å²) in [7, 11) is 0. The van der Waals surface area contributed by atoms with Crippen LogP contribution in [0.3, 0.4) is 0 Å². The second kappa shape index (κ2) is 10.1. The van der Waals surface area contributed by atoms with E-state index in [0.29, 0.717) is 6.54 Å². The number of fused-ring (bicyclic) bond motifs is 1. The number of benzene rings is 3. The highest BCUT2D eigenvalue weighted by atomic mass is 79.9. The highest BCUT2D eigenvalue weighted by molar-refractivity contribution is 5.78. The number of nitro groups is 1. The minimum absolute atomic E-state index is 0. The number of rotatable bonds is 7. The normalized spacial score (nSPS) is 11.8. The molecule has 0 aliphatic heterocycles. The number of hydrogen-bond donors (Lipinski definition) is 0. The van der Waals surface area contributed by atoms with Crippen molar-refractivity contribution in [2.45, 2.75) is 25.9 Å². The van der Waals surface area contributed by atoms with Gasteiger partial charge in [0.15, 0.2) is 11.8 Å². The topological polar surface area (TPSA) is 65.1 Å². The summed E-state index contributed by atoms with van der Waals surface area (Å²) in [6, 6.07) is 27.2. The molecule has 2 heterocycles. The average molecular weight is 518 g/mol. The zero-order valence-corrected chi connectivity index (χ0v) is 20.3. The molecule has 3 aromatic carbocycles. The van der Waals surface area contributed by atoms with Crippen molar-refractivity contribution in [2.75, 3.05) is 0 Å². The molecule has 0 spiro atoms. The molecule has 0 bridgehead atoms. The third-order valence-electron chi connectivity index (χ3n) is 5.96. The maximum Gasteiger partial charge on any atom is 0.269 e. The molecule has 0 amide bonds. The summed E-state index contributed by atoms with van der Waals surface area (Å²) in [6.45, 7) is 2.77. The summed E-state index contributed by atoms with van der Waals surface area (Å²) in [4.78, 5) is 10.6. The van der Waals surface area contributed by atoms with Crippen LogP contribution in [-0.4, -0.2) is 9.49 Å². The van der Waals surface area contributed by atoms with Gasteiger partial charge in [0.1, 0.15) is 24.5 Å². The first-order chi connectivity index (χ1) is 16.1. The second-order valence-corrected chi connectivity index (χ2v) is 8.03. The van der Waals surface area contributed by atoms with Crippen molar-refractivity contribution < 1.29 is 30.9 Å². The predicted octanol–water partition coefficient (Wildman–Crippen LogP) is 2.68. The highest BCUT2D eigenvalue weighted by Gasteiger charge is 2.29. The second-order valence-electron chi connectivity index (χ2n) is 8.03. The molecule has 5 rings (SSSR count). The molecule has 1 atom stereocenters. The Balaban J connectivity index is 0.00000274. The van der Waals surface area contributed by atoms with Gasteiger partial charge >= 0.3 is 0 Å². The Labute approximate surface area is 208 Å². The Morgan fingerprint density at radius 3 is 2.38 bits per heavy atom. The van der Waals surface area contributed by atoms with Crippen molar-refractivity contribution in [2.24, 2.45) is 0 Å². The maximum absolute atomic E-state index is 11.0. The monoisotopic (exact) mass is 517 g/mol. The first-order valence-electron chi connectivity index (χ1n) is 11.0. The summed E-state index contributed by atoms with van der Waals surface area (Å²) >= 11 is 0. The van der Waals surface area contributed by atoms with Gasteiger partial charge in [0.25, 0.3) is 11.5 Å². The lowest BCUT2D eigenvalue weighted by atomic mass is 10.0. The minimum Gasteiger partial charge on any atom is -1.00 e. The summed E-state index contributed by atoms with van der Waals surface area (Å²) in [5.41, 5.74) is 3.13. The van der Waals surface area contributed by atoms with Crippen LogP contribution in [-0.2, 0) is 13.0 Å². The van der Waals surface area contributed by atoms with E-state index in [-0.39, 0.29) is 33.6 Å². The Morgan fingerprint density at radius 2 is 1.71 bits per heavy atom. The number of halogens is 1. The molecule has 6 nitrogen and oxygen atoms in total. The Bertz CT molecular complexity index is 1380. The van der Waals surface area contributed by atoms with Gasteiger partial charge in [0.2, 0.25) is 0 Å². The van der Waals surface area contributed by atoms with E-state index in [4.69, 9.17) is 4.42 Å². The molecule has 0 saturated heterocycles. The smallest absolute Gasteiger partial charge is 0.269 e. The van der Waals surface area contributed by atoms with Crippen LogP contribution in [0.15, 0.2) is 102 Å². The van der Waals surface area contributed by atoms with Gasteiger partial charge in [-0.15, -0.1) is 0 Å². The van der Waals surface area contributed by atoms with E-state index in [1.54, 1.807) is 12.1 Å². The van der Waals surface area contributed by atoms with Crippen LogP contribution in [0.5, 0.6) is 0 Å². The summed E-state index contributed by atoms with van der Waals surface area (Å²) in [6.07, 6.45) is 4.98. The highest BCUT2D eigenvalue weighted by Crippen LogP contribution is 2.32. The molecule has 7 heteroatoms. The van der Waals surface area contributed by atoms with Crippen molar-refractivity contribution >= 4 is 16.7 Å². The van der Waals surface area contributed by atoms with E-state index in [1.807, 2.05) is 48.5 Å². The van der Waals surface area contributed by atoms with Crippen LogP contribution in [0.4, 0.5) is 5.69 Å². The predicted molar refractivity (Wildman–Crippen MR) is 126 cm³/mol. The first kappa shape index (κ1) is 23.4. The summed E-state index contributed by atoms with van der Waals surface area (Å²) in [5.74, 6) is 2.03. The van der Waals surface area contributed by atoms with Gasteiger partial charge in [-0.25, -0.2) is 9.13 Å². The van der Waals surface area contributed by atoms with Gasteiger partial charge in [0.05, 0.1) is 4.92 Å². The molecule has 0 radical (unpaired) electrons. The first-order valence-corrected chi connectivity index (χ1v) is 11.0. The lowest BCUT2D eigenvalue weighted by Crippen LogP contribution is -3.00. The average Bonchev–Trinajstić information content (AvgIpc) is 3.44. The lowest BCUT2D eigenvalue weighted by Gasteiger charge is -2.14. The van der Waals surface area contributed by atoms with Crippen LogP contribution < -0.4 is 21.5 Å². The van der Waals surface area contributed by atoms with Crippen molar-refractivity contribution in [3.63, 3.8) is 0 Å². The Hall–Kier alpha value is -3.71. The van der Waals surface area contributed by atoms with Gasteiger partial charge in [0, 0.05) is 29.5 Å². The zero-order valence-electron chi connectivity index (χ0n) is 18.7. The molecule has 34 heavy (non-hydrogen) atoms. The lowest BCUT2D eigenvalue weighted by molar-refractivity contribution is -0.695. The van der Waals surface area contributed by atoms with E-state index in [1.165, 1.54) is 0 Å². The van der Waals surface area contributed by atoms with Gasteiger partial charge in [-0.3, -0.25) is 10.1 Å². The fourth-order valence-electron chi connectivity index (χ4n) is 4.39. The van der Waals surface area contributed by atoms with Crippen LogP contribution in [0.2, 0.25) is 0 Å². The van der Waals surface area contributed by atoms with Gasteiger partial charge in [-0.1, -0.05) is 55.5 Å². The van der Waals surface area contributed by atoms with Crippen LogP contribution in [0.25, 0.3) is 11.0 Å². The van der Waals surface area contributed by atoms with Crippen molar-refractivity contribution in [1.29, 1.82) is 0 Å². The van der Waals surface area contributed by atoms with Crippen LogP contribution in [0, 0.1) is 10.1 Å². The molecule has 0 N–H and O–H groups in total. The summed E-state index contributed by atoms with van der Waals surface area (Å²) in [5, 5.41) is 12.1. The molecule has 1 unspecified atom stereocenters. The molecule has 5 aromatic rings. The SMILES string of the molecule is CCc1n(C(c2ccccc2)c2cc3ccccc3o2)cc[n+]1Cc1ccc([N+](=O)[O-])cc1.[Br-]. The minimum atomic E-state index is -0.372. The standard InChI is InChI=1S/C27H24N3O3.BrH/c1-2-26-28(19-20-12-14-23(15-13-20)30(31)32)16-17-29(26)27(21-8-4-3-5-9-21)25-18-22-10-6-7-11-24(22)33-25;/h3-18,27H,2,19H2,1H3;1H/q+1;/p-1. The van der Waals surface area contributed by atoms with Crippen molar-refractivity contribution in [3.8, 4) is 0 Å². The molecule has 0 fully saturated rings. The van der Waals surface area contributed by atoms with E-state index >= 15 is 0 Å². The van der Waals surface area contributed by atoms with Crippen LogP contribution in [0.1, 0.15) is 35.7 Å². The Morgan fingerprint density at radius 1 is 1.00 bits per heavy atom. The van der Waals surface area contributed by atoms with Crippen LogP contribution >= 0.6 is 0 Å². The van der Waals surface area contributed by atoms with Gasteiger partial charge in [-0.05, 0) is 29.8 Å². The fraction of sp³-hybridized carbons (Fsp3) is 0.148. The number of aromatic nitrogens is 2. The Kier molecular flexibility index (Phi) is 6.93. The van der Waals surface area contributed by atoms with E-state index < -0.39 is 0 Å². The molecular formula is C27H24BrN3O3. The van der Waals surface area contributed by atoms with Gasteiger partial charge in [-0.2, -0.15) is 0 Å². The molecule has 172 valence electrons. The van der Waals surface area contributed by atoms with E-state index in [2.05, 4.69) is 52.7 Å². The number of imidazole rings is 1. The number of non-ortho nitro benzene ring substituents is 1. The molecule has 0 aliphatic rings. The van der Waals surface area contributed by atoms with E-state index in [9.17, 15) is 10.1 Å². The largest absolute Gasteiger partial charge is 1.00 e. The molecule has 0 saturated carbocycles. The number of furan rings is 1. The van der Waals surface area contributed by atoms with Crippen molar-refractivity contribution in [3.05, 3.63) is 130 Å². The number of para-hydroxylation sites is 1. The van der Waals surface area contributed by atoms with Gasteiger partial charge < -0.3 is 21.4 Å². The third kappa shape index (κ3) is 4.52. The van der Waals surface area contributed by atoms with E-state index in [0.717, 1.165) is 40.1 Å². The third-order valence-corrected chi connectivity index (χ3v) is 5.96. The number of nitro benzene ring substituents is 1. The molecule has 0 aliphatic carbocycles. The maximum atomic E-state index is 11.0. The summed E-state index contributed by atoms with van der Waals surface area (Å²) < 4.78 is 10.8.